The van der Waals surface area contributed by atoms with Crippen molar-refractivity contribution in [3.63, 3.8) is 0 Å². The van der Waals surface area contributed by atoms with Gasteiger partial charge in [-0.3, -0.25) is 10.1 Å². The fourth-order valence-electron chi connectivity index (χ4n) is 2.20. The largest absolute Gasteiger partial charge is 0.392 e. The number of nitrogens with one attached hydrogen (secondary N) is 1. The molecule has 1 aromatic carbocycles. The Hall–Kier alpha value is -2.13. The Morgan fingerprint density at radius 2 is 2.26 bits per heavy atom. The smallest absolute Gasteiger partial charge is 0.270 e. The number of non-ortho nitro benzene ring substituents is 1. The van der Waals surface area contributed by atoms with Gasteiger partial charge < -0.3 is 10.4 Å². The first-order valence-corrected chi connectivity index (χ1v) is 5.99. The molecule has 100 valence electrons. The normalized spacial score (nSPS) is 24.1. The maximum Gasteiger partial charge on any atom is 0.270 e. The van der Waals surface area contributed by atoms with Gasteiger partial charge in [0, 0.05) is 23.6 Å². The van der Waals surface area contributed by atoms with E-state index in [-0.39, 0.29) is 28.8 Å². The summed E-state index contributed by atoms with van der Waals surface area (Å²) in [5.74, 6) is 0. The molecule has 1 aromatic rings. The number of aliphatic hydroxyl groups is 1. The average molecular weight is 261 g/mol. The van der Waals surface area contributed by atoms with E-state index in [9.17, 15) is 15.2 Å². The summed E-state index contributed by atoms with van der Waals surface area (Å²) in [5, 5.41) is 32.6. The quantitative estimate of drug-likeness (QED) is 0.640. The van der Waals surface area contributed by atoms with E-state index in [1.165, 1.54) is 18.2 Å². The third kappa shape index (κ3) is 2.25. The number of aliphatic hydroxyl groups excluding tert-OH is 1. The molecule has 6 heteroatoms. The number of hydrogen-bond donors (Lipinski definition) is 2. The number of nitro groups is 1. The lowest BCUT2D eigenvalue weighted by Crippen LogP contribution is -2.56. The topological polar surface area (TPSA) is 99.2 Å². The zero-order chi connectivity index (χ0) is 14.2. The van der Waals surface area contributed by atoms with Gasteiger partial charge in [-0.25, -0.2) is 0 Å². The Labute approximate surface area is 110 Å². The Morgan fingerprint density at radius 1 is 1.58 bits per heavy atom. The predicted octanol–water partition coefficient (Wildman–Crippen LogP) is 2.04. The van der Waals surface area contributed by atoms with E-state index in [1.807, 2.05) is 19.9 Å². The summed E-state index contributed by atoms with van der Waals surface area (Å²) in [6.07, 6.45) is 0.239. The molecule has 6 nitrogen and oxygen atoms in total. The molecule has 0 unspecified atom stereocenters. The van der Waals surface area contributed by atoms with Crippen LogP contribution in [0.1, 0.15) is 25.8 Å². The van der Waals surface area contributed by atoms with Crippen LogP contribution < -0.4 is 5.32 Å². The number of nitrogens with zero attached hydrogens (tertiary/aromatic N) is 2. The first-order valence-electron chi connectivity index (χ1n) is 5.99. The van der Waals surface area contributed by atoms with Crippen LogP contribution in [-0.2, 0) is 0 Å². The van der Waals surface area contributed by atoms with E-state index in [0.29, 0.717) is 12.1 Å². The Balaban J connectivity index is 2.23. The Bertz CT molecular complexity index is 563. The van der Waals surface area contributed by atoms with Crippen LogP contribution in [0.2, 0.25) is 0 Å². The Kier molecular flexibility index (Phi) is 3.16. The van der Waals surface area contributed by atoms with Gasteiger partial charge >= 0.3 is 0 Å². The van der Waals surface area contributed by atoms with Crippen molar-refractivity contribution in [1.29, 1.82) is 5.26 Å². The van der Waals surface area contributed by atoms with Gasteiger partial charge in [-0.2, -0.15) is 5.26 Å². The molecule has 1 aliphatic carbocycles. The van der Waals surface area contributed by atoms with Crippen molar-refractivity contribution in [2.45, 2.75) is 32.4 Å². The lowest BCUT2D eigenvalue weighted by atomic mass is 9.64. The molecule has 0 bridgehead atoms. The molecule has 0 aromatic heterocycles. The second kappa shape index (κ2) is 4.52. The number of nitriles is 1. The van der Waals surface area contributed by atoms with E-state index in [1.54, 1.807) is 0 Å². The van der Waals surface area contributed by atoms with Gasteiger partial charge in [0.1, 0.15) is 6.07 Å². The highest BCUT2D eigenvalue weighted by atomic mass is 16.6. The molecule has 0 spiro atoms. The molecule has 0 aliphatic heterocycles. The fraction of sp³-hybridized carbons (Fsp3) is 0.462. The first-order chi connectivity index (χ1) is 8.86. The van der Waals surface area contributed by atoms with E-state index in [0.717, 1.165) is 0 Å². The van der Waals surface area contributed by atoms with Crippen LogP contribution in [0.15, 0.2) is 18.2 Å². The van der Waals surface area contributed by atoms with Crippen LogP contribution >= 0.6 is 0 Å². The monoisotopic (exact) mass is 261 g/mol. The van der Waals surface area contributed by atoms with Crippen LogP contribution in [0, 0.1) is 26.9 Å². The summed E-state index contributed by atoms with van der Waals surface area (Å²) in [4.78, 5) is 10.1. The van der Waals surface area contributed by atoms with Crippen LogP contribution in [0.4, 0.5) is 11.4 Å². The molecule has 0 saturated heterocycles. The summed E-state index contributed by atoms with van der Waals surface area (Å²) in [5.41, 5.74) is 0.438. The molecule has 2 rings (SSSR count). The maximum absolute atomic E-state index is 10.7. The van der Waals surface area contributed by atoms with Crippen molar-refractivity contribution >= 4 is 11.4 Å². The lowest BCUT2D eigenvalue weighted by Gasteiger charge is -2.49. The molecule has 0 amide bonds. The van der Waals surface area contributed by atoms with Crippen molar-refractivity contribution in [1.82, 2.24) is 0 Å². The van der Waals surface area contributed by atoms with Crippen LogP contribution in [0.3, 0.4) is 0 Å². The second-order valence-corrected chi connectivity index (χ2v) is 5.37. The fourth-order valence-corrected chi connectivity index (χ4v) is 2.20. The van der Waals surface area contributed by atoms with Crippen LogP contribution in [-0.4, -0.2) is 22.2 Å². The minimum absolute atomic E-state index is 0.0519. The van der Waals surface area contributed by atoms with Gasteiger partial charge in [-0.15, -0.1) is 0 Å². The van der Waals surface area contributed by atoms with Crippen LogP contribution in [0.5, 0.6) is 0 Å². The van der Waals surface area contributed by atoms with Crippen molar-refractivity contribution in [3.05, 3.63) is 33.9 Å². The van der Waals surface area contributed by atoms with Crippen molar-refractivity contribution in [2.24, 2.45) is 5.41 Å². The van der Waals surface area contributed by atoms with Gasteiger partial charge in [-0.05, 0) is 12.5 Å². The number of rotatable bonds is 3. The highest BCUT2D eigenvalue weighted by Crippen LogP contribution is 2.42. The molecule has 2 atom stereocenters. The van der Waals surface area contributed by atoms with Crippen molar-refractivity contribution in [2.75, 3.05) is 5.32 Å². The number of nitro benzene ring substituents is 1. The minimum Gasteiger partial charge on any atom is -0.392 e. The Morgan fingerprint density at radius 3 is 2.74 bits per heavy atom. The van der Waals surface area contributed by atoms with Gasteiger partial charge in [0.05, 0.1) is 22.3 Å². The molecular weight excluding hydrogens is 246 g/mol. The molecular formula is C13H15N3O3. The number of benzene rings is 1. The summed E-state index contributed by atoms with van der Waals surface area (Å²) < 4.78 is 0. The molecule has 1 aliphatic rings. The minimum atomic E-state index is -0.526. The molecule has 2 N–H and O–H groups in total. The third-order valence-electron chi connectivity index (χ3n) is 3.88. The van der Waals surface area contributed by atoms with Crippen LogP contribution in [0.25, 0.3) is 0 Å². The van der Waals surface area contributed by atoms with E-state index in [2.05, 4.69) is 5.32 Å². The SMILES string of the molecule is CC1(C)[C@@H](Nc2ccc([N+](=O)[O-])cc2C#N)C[C@@H]1O. The third-order valence-corrected chi connectivity index (χ3v) is 3.88. The van der Waals surface area contributed by atoms with E-state index < -0.39 is 4.92 Å². The maximum atomic E-state index is 10.7. The average Bonchev–Trinajstić information content (AvgIpc) is 2.38. The van der Waals surface area contributed by atoms with Gasteiger partial charge in [0.2, 0.25) is 0 Å². The molecule has 19 heavy (non-hydrogen) atoms. The molecule has 1 fully saturated rings. The second-order valence-electron chi connectivity index (χ2n) is 5.37. The van der Waals surface area contributed by atoms with Gasteiger partial charge in [-0.1, -0.05) is 13.8 Å². The van der Waals surface area contributed by atoms with Crippen molar-refractivity contribution < 1.29 is 10.0 Å². The number of hydrogen-bond acceptors (Lipinski definition) is 5. The summed E-state index contributed by atoms with van der Waals surface area (Å²) >= 11 is 0. The summed E-state index contributed by atoms with van der Waals surface area (Å²) in [7, 11) is 0. The highest BCUT2D eigenvalue weighted by molar-refractivity contribution is 5.62. The molecule has 0 heterocycles. The first kappa shape index (κ1) is 13.3. The zero-order valence-electron chi connectivity index (χ0n) is 10.8. The summed E-state index contributed by atoms with van der Waals surface area (Å²) in [6.45, 7) is 3.88. The summed E-state index contributed by atoms with van der Waals surface area (Å²) in [6, 6.07) is 6.17. The predicted molar refractivity (Wildman–Crippen MR) is 69.6 cm³/mol. The number of anilines is 1. The lowest BCUT2D eigenvalue weighted by molar-refractivity contribution is -0.384. The molecule has 1 saturated carbocycles. The van der Waals surface area contributed by atoms with Crippen molar-refractivity contribution in [3.8, 4) is 6.07 Å². The van der Waals surface area contributed by atoms with Gasteiger partial charge in [0.15, 0.2) is 0 Å². The zero-order valence-corrected chi connectivity index (χ0v) is 10.8. The molecule has 0 radical (unpaired) electrons. The van der Waals surface area contributed by atoms with E-state index >= 15 is 0 Å². The standard InChI is InChI=1S/C13H15N3O3/c1-13(2)11(6-12(13)17)15-10-4-3-9(16(18)19)5-8(10)7-14/h3-5,11-12,15,17H,6H2,1-2H3/t11-,12-/m0/s1. The van der Waals surface area contributed by atoms with E-state index in [4.69, 9.17) is 5.26 Å². The highest BCUT2D eigenvalue weighted by Gasteiger charge is 2.47. The van der Waals surface area contributed by atoms with Gasteiger partial charge in [0.25, 0.3) is 5.69 Å².